The van der Waals surface area contributed by atoms with Crippen LogP contribution in [0, 0.1) is 0 Å². The van der Waals surface area contributed by atoms with E-state index in [1.54, 1.807) is 25.5 Å². The Morgan fingerprint density at radius 2 is 1.95 bits per heavy atom. The first-order chi connectivity index (χ1) is 18.0. The third kappa shape index (κ3) is 4.23. The summed E-state index contributed by atoms with van der Waals surface area (Å²) in [6.07, 6.45) is 5.77. The normalized spacial score (nSPS) is 15.4. The molecule has 4 aromatic rings. The number of rotatable bonds is 7. The van der Waals surface area contributed by atoms with Crippen LogP contribution in [-0.4, -0.2) is 28.8 Å². The fourth-order valence-corrected chi connectivity index (χ4v) is 5.84. The molecular weight excluding hydrogens is 486 g/mol. The van der Waals surface area contributed by atoms with Crippen LogP contribution in [0.1, 0.15) is 31.0 Å². The lowest BCUT2D eigenvalue weighted by Crippen LogP contribution is -2.40. The number of thiazole rings is 1. The van der Waals surface area contributed by atoms with Gasteiger partial charge in [0.15, 0.2) is 4.80 Å². The Bertz CT molecular complexity index is 1740. The third-order valence-electron chi connectivity index (χ3n) is 6.38. The van der Waals surface area contributed by atoms with E-state index in [-0.39, 0.29) is 12.2 Å². The van der Waals surface area contributed by atoms with Crippen molar-refractivity contribution in [1.82, 2.24) is 9.13 Å². The Kier molecular flexibility index (Phi) is 6.67. The van der Waals surface area contributed by atoms with Crippen LogP contribution in [0.2, 0.25) is 0 Å². The molecule has 0 aliphatic carbocycles. The molecule has 37 heavy (non-hydrogen) atoms. The topological polar surface area (TPSA) is 74.8 Å². The average Bonchev–Trinajstić information content (AvgIpc) is 3.40. The molecule has 0 saturated heterocycles. The highest BCUT2D eigenvalue weighted by Crippen LogP contribution is 2.35. The quantitative estimate of drug-likeness (QED) is 0.277. The Balaban J connectivity index is 1.76. The second-order valence-corrected chi connectivity index (χ2v) is 9.60. The van der Waals surface area contributed by atoms with Gasteiger partial charge in [-0.1, -0.05) is 53.8 Å². The van der Waals surface area contributed by atoms with Crippen molar-refractivity contribution in [2.75, 3.05) is 13.7 Å². The van der Waals surface area contributed by atoms with Crippen LogP contribution in [-0.2, 0) is 16.1 Å². The number of ether oxygens (including phenoxy) is 2. The number of para-hydroxylation sites is 2. The number of allylic oxidation sites excluding steroid dienone is 2. The van der Waals surface area contributed by atoms with Gasteiger partial charge >= 0.3 is 5.97 Å². The summed E-state index contributed by atoms with van der Waals surface area (Å²) < 4.78 is 15.2. The lowest BCUT2D eigenvalue weighted by Gasteiger charge is -2.25. The van der Waals surface area contributed by atoms with Gasteiger partial charge in [-0.25, -0.2) is 9.79 Å². The largest absolute Gasteiger partial charge is 0.496 e. The molecule has 0 fully saturated rings. The molecule has 0 radical (unpaired) electrons. The number of carbonyl (C=O) groups is 1. The van der Waals surface area contributed by atoms with Gasteiger partial charge in [0.1, 0.15) is 11.8 Å². The number of methoxy groups -OCH3 is 1. The molecule has 1 aliphatic rings. The Hall–Kier alpha value is -4.17. The SMILES string of the molecule is C=CCn1cc(C=c2sc3n(c2=O)C(c2ccccc2OC)C(C(=O)OCC)=C(C)N=3)c2ccccc21. The second kappa shape index (κ2) is 10.1. The first-order valence-corrected chi connectivity index (χ1v) is 12.8. The van der Waals surface area contributed by atoms with Crippen molar-refractivity contribution in [3.63, 3.8) is 0 Å². The highest BCUT2D eigenvalue weighted by atomic mass is 32.1. The summed E-state index contributed by atoms with van der Waals surface area (Å²) in [5.74, 6) is 0.0764. The lowest BCUT2D eigenvalue weighted by atomic mass is 9.95. The van der Waals surface area contributed by atoms with Gasteiger partial charge in [0.25, 0.3) is 5.56 Å². The first-order valence-electron chi connectivity index (χ1n) is 12.0. The zero-order valence-electron chi connectivity index (χ0n) is 20.9. The molecule has 0 amide bonds. The molecule has 5 rings (SSSR count). The molecule has 188 valence electrons. The number of aromatic nitrogens is 2. The van der Waals surface area contributed by atoms with Crippen molar-refractivity contribution in [2.45, 2.75) is 26.4 Å². The molecule has 8 heteroatoms. The van der Waals surface area contributed by atoms with Crippen molar-refractivity contribution in [1.29, 1.82) is 0 Å². The highest BCUT2D eigenvalue weighted by Gasteiger charge is 2.35. The van der Waals surface area contributed by atoms with Gasteiger partial charge in [-0.15, -0.1) is 6.58 Å². The van der Waals surface area contributed by atoms with Crippen LogP contribution in [0.15, 0.2) is 88.4 Å². The van der Waals surface area contributed by atoms with Crippen LogP contribution in [0.3, 0.4) is 0 Å². The fourth-order valence-electron chi connectivity index (χ4n) is 4.80. The standard InChI is InChI=1S/C29H27N3O4S/c1-5-15-31-17-19(20-11-7-9-13-22(20)31)16-24-27(33)32-26(21-12-8-10-14-23(21)35-4)25(28(34)36-6-2)18(3)30-29(32)37-24/h5,7-14,16-17,26H,1,6,15H2,2-4H3. The number of benzene rings is 2. The van der Waals surface area contributed by atoms with Gasteiger partial charge < -0.3 is 14.0 Å². The summed E-state index contributed by atoms with van der Waals surface area (Å²) in [6, 6.07) is 14.7. The van der Waals surface area contributed by atoms with E-state index in [4.69, 9.17) is 9.47 Å². The number of fused-ring (bicyclic) bond motifs is 2. The van der Waals surface area contributed by atoms with Crippen LogP contribution >= 0.6 is 11.3 Å². The summed E-state index contributed by atoms with van der Waals surface area (Å²) >= 11 is 1.30. The van der Waals surface area contributed by atoms with Crippen molar-refractivity contribution in [3.05, 3.63) is 109 Å². The van der Waals surface area contributed by atoms with Crippen molar-refractivity contribution >= 4 is 34.3 Å². The minimum absolute atomic E-state index is 0.216. The molecule has 1 unspecified atom stereocenters. The van der Waals surface area contributed by atoms with Crippen molar-refractivity contribution in [3.8, 4) is 5.75 Å². The van der Waals surface area contributed by atoms with Gasteiger partial charge in [0.2, 0.25) is 0 Å². The van der Waals surface area contributed by atoms with E-state index in [1.807, 2.05) is 60.8 Å². The fraction of sp³-hybridized carbons (Fsp3) is 0.207. The number of hydrogen-bond donors (Lipinski definition) is 0. The molecule has 0 spiro atoms. The van der Waals surface area contributed by atoms with E-state index in [2.05, 4.69) is 22.2 Å². The van der Waals surface area contributed by atoms with E-state index in [0.717, 1.165) is 16.5 Å². The van der Waals surface area contributed by atoms with E-state index < -0.39 is 12.0 Å². The summed E-state index contributed by atoms with van der Waals surface area (Å²) in [5.41, 5.74) is 3.30. The van der Waals surface area contributed by atoms with Crippen molar-refractivity contribution in [2.24, 2.45) is 4.99 Å². The maximum absolute atomic E-state index is 13.9. The predicted octanol–water partition coefficient (Wildman–Crippen LogP) is 3.95. The summed E-state index contributed by atoms with van der Waals surface area (Å²) in [5, 5.41) is 1.04. The summed E-state index contributed by atoms with van der Waals surface area (Å²) in [4.78, 5) is 32.2. The van der Waals surface area contributed by atoms with Crippen LogP contribution in [0.4, 0.5) is 0 Å². The monoisotopic (exact) mass is 513 g/mol. The molecule has 3 heterocycles. The number of carbonyl (C=O) groups excluding carboxylic acids is 1. The highest BCUT2D eigenvalue weighted by molar-refractivity contribution is 7.07. The third-order valence-corrected chi connectivity index (χ3v) is 7.37. The molecule has 0 bridgehead atoms. The van der Waals surface area contributed by atoms with Gasteiger partial charge in [0.05, 0.1) is 29.5 Å². The molecule has 0 N–H and O–H groups in total. The zero-order valence-corrected chi connectivity index (χ0v) is 21.7. The van der Waals surface area contributed by atoms with E-state index in [1.165, 1.54) is 11.3 Å². The Labute approximate surface area is 217 Å². The zero-order chi connectivity index (χ0) is 26.1. The Morgan fingerprint density at radius 1 is 1.19 bits per heavy atom. The Morgan fingerprint density at radius 3 is 2.70 bits per heavy atom. The van der Waals surface area contributed by atoms with Crippen LogP contribution in [0.5, 0.6) is 5.75 Å². The molecule has 1 atom stereocenters. The van der Waals surface area contributed by atoms with Gasteiger partial charge in [-0.3, -0.25) is 9.36 Å². The van der Waals surface area contributed by atoms with Gasteiger partial charge in [-0.2, -0.15) is 0 Å². The molecular formula is C29H27N3O4S. The molecule has 2 aromatic carbocycles. The molecule has 0 saturated carbocycles. The van der Waals surface area contributed by atoms with Crippen LogP contribution < -0.4 is 19.6 Å². The molecule has 1 aliphatic heterocycles. The smallest absolute Gasteiger partial charge is 0.338 e. The summed E-state index contributed by atoms with van der Waals surface area (Å²) in [6.45, 7) is 8.26. The minimum Gasteiger partial charge on any atom is -0.496 e. The summed E-state index contributed by atoms with van der Waals surface area (Å²) in [7, 11) is 1.57. The molecule has 2 aromatic heterocycles. The maximum Gasteiger partial charge on any atom is 0.338 e. The molecule has 7 nitrogen and oxygen atoms in total. The average molecular weight is 514 g/mol. The second-order valence-electron chi connectivity index (χ2n) is 8.59. The first kappa shape index (κ1) is 24.5. The van der Waals surface area contributed by atoms with Crippen molar-refractivity contribution < 1.29 is 14.3 Å². The number of hydrogen-bond acceptors (Lipinski definition) is 6. The number of nitrogens with zero attached hydrogens (tertiary/aromatic N) is 3. The van der Waals surface area contributed by atoms with Gasteiger partial charge in [0, 0.05) is 34.8 Å². The van der Waals surface area contributed by atoms with E-state index >= 15 is 0 Å². The lowest BCUT2D eigenvalue weighted by molar-refractivity contribution is -0.139. The van der Waals surface area contributed by atoms with E-state index in [0.29, 0.717) is 38.5 Å². The predicted molar refractivity (Wildman–Crippen MR) is 146 cm³/mol. The minimum atomic E-state index is -0.726. The van der Waals surface area contributed by atoms with E-state index in [9.17, 15) is 9.59 Å². The number of esters is 1. The van der Waals surface area contributed by atoms with Crippen LogP contribution in [0.25, 0.3) is 17.0 Å². The van der Waals surface area contributed by atoms with Gasteiger partial charge in [-0.05, 0) is 32.1 Å². The maximum atomic E-state index is 13.9.